The first kappa shape index (κ1) is 43.2. The number of nitrogens with zero attached hydrogens (tertiary/aromatic N) is 2. The molecule has 7 atom stereocenters. The molecule has 0 spiro atoms. The lowest BCUT2D eigenvalue weighted by Gasteiger charge is -2.35. The number of carbonyl (C=O) groups is 4. The summed E-state index contributed by atoms with van der Waals surface area (Å²) in [6, 6.07) is 4.58. The molecule has 3 heterocycles. The van der Waals surface area contributed by atoms with Gasteiger partial charge in [0.15, 0.2) is 5.60 Å². The summed E-state index contributed by atoms with van der Waals surface area (Å²) >= 11 is 0. The Labute approximate surface area is 341 Å². The van der Waals surface area contributed by atoms with Crippen LogP contribution in [0.2, 0.25) is 0 Å². The number of fused-ring (bicyclic) bond motifs is 3. The molecule has 14 nitrogen and oxygen atoms in total. The fourth-order valence-electron chi connectivity index (χ4n) is 8.21. The van der Waals surface area contributed by atoms with E-state index in [9.17, 15) is 40.8 Å². The van der Waals surface area contributed by atoms with Crippen molar-refractivity contribution in [1.82, 2.24) is 25.2 Å². The Morgan fingerprint density at radius 2 is 1.74 bits per heavy atom. The van der Waals surface area contributed by atoms with Crippen LogP contribution in [0.1, 0.15) is 96.7 Å². The number of rotatable bonds is 10. The fourth-order valence-corrected chi connectivity index (χ4v) is 9.64. The van der Waals surface area contributed by atoms with Gasteiger partial charge in [-0.15, -0.1) is 0 Å². The van der Waals surface area contributed by atoms with Crippen molar-refractivity contribution in [3.63, 3.8) is 0 Å². The van der Waals surface area contributed by atoms with Gasteiger partial charge in [-0.2, -0.15) is 0 Å². The van der Waals surface area contributed by atoms with Crippen LogP contribution in [-0.2, 0) is 29.1 Å². The second-order valence-electron chi connectivity index (χ2n) is 17.3. The molecule has 0 bridgehead atoms. The van der Waals surface area contributed by atoms with Gasteiger partial charge in [-0.25, -0.2) is 31.4 Å². The number of nitrogens with one attached hydrogen (secondary N) is 3. The van der Waals surface area contributed by atoms with E-state index in [0.29, 0.717) is 49.1 Å². The molecule has 58 heavy (non-hydrogen) atoms. The molecule has 2 aromatic rings. The van der Waals surface area contributed by atoms with Crippen LogP contribution in [-0.4, -0.2) is 102 Å². The minimum atomic E-state index is -4.41. The van der Waals surface area contributed by atoms with Gasteiger partial charge in [-0.3, -0.25) is 19.1 Å². The van der Waals surface area contributed by atoms with E-state index in [1.165, 1.54) is 18.2 Å². The molecule has 4 amide bonds. The van der Waals surface area contributed by atoms with Crippen molar-refractivity contribution in [3.8, 4) is 11.6 Å². The molecule has 1 aromatic carbocycles. The summed E-state index contributed by atoms with van der Waals surface area (Å²) < 4.78 is 86.5. The molecule has 2 saturated heterocycles. The van der Waals surface area contributed by atoms with Gasteiger partial charge in [0.05, 0.1) is 19.9 Å². The van der Waals surface area contributed by atoms with Gasteiger partial charge in [0, 0.05) is 28.4 Å². The third-order valence-electron chi connectivity index (χ3n) is 12.6. The second-order valence-corrected chi connectivity index (χ2v) is 19.4. The predicted molar refractivity (Wildman–Crippen MR) is 213 cm³/mol. The zero-order valence-electron chi connectivity index (χ0n) is 33.7. The number of carbonyl (C=O) groups excluding carboxylic acids is 4. The van der Waals surface area contributed by atoms with Crippen molar-refractivity contribution >= 4 is 44.6 Å². The van der Waals surface area contributed by atoms with E-state index in [2.05, 4.69) is 20.3 Å². The summed E-state index contributed by atoms with van der Waals surface area (Å²) in [6.45, 7) is 5.14. The third-order valence-corrected chi connectivity index (χ3v) is 14.7. The highest BCUT2D eigenvalue weighted by molar-refractivity contribution is 7.91. The average Bonchev–Trinajstić information content (AvgIpc) is 4.06. The predicted octanol–water partition coefficient (Wildman–Crippen LogP) is 5.92. The Morgan fingerprint density at radius 3 is 2.38 bits per heavy atom. The van der Waals surface area contributed by atoms with Crippen LogP contribution in [0.4, 0.5) is 18.0 Å². The number of methoxy groups -OCH3 is 1. The molecule has 2 saturated carbocycles. The Morgan fingerprint density at radius 1 is 1.07 bits per heavy atom. The van der Waals surface area contributed by atoms with E-state index < -0.39 is 92.3 Å². The van der Waals surface area contributed by atoms with Gasteiger partial charge < -0.3 is 29.7 Å². The zero-order valence-corrected chi connectivity index (χ0v) is 34.6. The quantitative estimate of drug-likeness (QED) is 0.260. The Bertz CT molecular complexity index is 2040. The van der Waals surface area contributed by atoms with Gasteiger partial charge in [0.25, 0.3) is 11.8 Å². The second kappa shape index (κ2) is 16.0. The first-order chi connectivity index (χ1) is 27.2. The topological polar surface area (TPSA) is 182 Å². The average molecular weight is 844 g/mol. The van der Waals surface area contributed by atoms with Crippen molar-refractivity contribution in [3.05, 3.63) is 30.5 Å². The molecule has 3 N–H and O–H groups in total. The van der Waals surface area contributed by atoms with Gasteiger partial charge >= 0.3 is 6.09 Å². The molecule has 4 aliphatic rings. The van der Waals surface area contributed by atoms with E-state index in [1.54, 1.807) is 19.1 Å². The summed E-state index contributed by atoms with van der Waals surface area (Å²) in [7, 11) is -2.91. The monoisotopic (exact) mass is 843 g/mol. The van der Waals surface area contributed by atoms with Crippen LogP contribution in [0.25, 0.3) is 10.8 Å². The highest BCUT2D eigenvalue weighted by Crippen LogP contribution is 2.49. The van der Waals surface area contributed by atoms with Crippen LogP contribution in [0.5, 0.6) is 11.6 Å². The molecular formula is C40H60F3N5O9S. The Kier molecular flexibility index (Phi) is 11.9. The summed E-state index contributed by atoms with van der Waals surface area (Å²) in [4.78, 5) is 62.3. The molecule has 0 unspecified atom stereocenters. The minimum absolute atomic E-state index is 0. The number of hydrogen-bond acceptors (Lipinski definition) is 10. The van der Waals surface area contributed by atoms with Gasteiger partial charge in [0.2, 0.25) is 27.7 Å². The van der Waals surface area contributed by atoms with Crippen molar-refractivity contribution in [2.24, 2.45) is 17.8 Å². The number of pyridine rings is 1. The summed E-state index contributed by atoms with van der Waals surface area (Å²) in [5.41, 5.74) is -3.87. The number of ether oxygens (including phenoxy) is 3. The lowest BCUT2D eigenvalue weighted by Crippen LogP contribution is -2.60. The molecule has 0 radical (unpaired) electrons. The number of hydrogen-bond donors (Lipinski definition) is 3. The normalized spacial score (nSPS) is 29.2. The molecule has 2 aliphatic heterocycles. The number of alkyl halides is 3. The highest BCUT2D eigenvalue weighted by Gasteiger charge is 2.64. The molecule has 18 heteroatoms. The molecule has 2 aliphatic carbocycles. The Balaban J connectivity index is 0.00000331. The summed E-state index contributed by atoms with van der Waals surface area (Å²) in [5, 5.41) is 6.64. The van der Waals surface area contributed by atoms with Crippen LogP contribution in [0.3, 0.4) is 0 Å². The number of sulfonamides is 1. The summed E-state index contributed by atoms with van der Waals surface area (Å²) in [5.74, 6) is -6.11. The molecule has 326 valence electrons. The van der Waals surface area contributed by atoms with Crippen molar-refractivity contribution < 1.29 is 59.3 Å². The maximum absolute atomic E-state index is 14.8. The minimum Gasteiger partial charge on any atom is -0.494 e. The van der Waals surface area contributed by atoms with E-state index >= 15 is 0 Å². The molecule has 6 rings (SSSR count). The van der Waals surface area contributed by atoms with Crippen LogP contribution in [0, 0.1) is 17.8 Å². The first-order valence-corrected chi connectivity index (χ1v) is 21.4. The van der Waals surface area contributed by atoms with E-state index in [-0.39, 0.29) is 48.3 Å². The SMILES string of the molecule is COc1cnc(O[C@@H]2C[C@H]3C(=O)N[C@]4(C(=O)NS(=O)(=O)C5(CF)CC5)C[C@H]4CCCC[C@H](C)C[C@@H](C)[C@H](NC(=O)OC(C)(C)C(C)(F)F)C(=O)N3C2)c2ccccc12.[HH].[HH].[HH]. The van der Waals surface area contributed by atoms with Crippen molar-refractivity contribution in [1.29, 1.82) is 0 Å². The molecular weight excluding hydrogens is 784 g/mol. The number of benzene rings is 1. The standard InChI is InChI=1S/C40H54F3N5O9S.3H2/c1-23-11-7-8-12-25-19-40(25,35(51)47-58(53,54)39(22-41)15-16-39)46-32(49)29-18-26(56-33-28-14-10-9-13-27(28)30(55-6)20-44-33)21-48(29)34(50)31(24(2)17-23)45-36(52)57-37(3,4)38(5,42)43;;;/h9-10,13-14,20,23-26,29,31H,7-8,11-12,15-19,21-22H2,1-6H3,(H,45,52)(H,46,49)(H,47,51);3*1H/t23-,24+,25+,26+,29-,31-,40+;;;/m0.../s1. The van der Waals surface area contributed by atoms with Crippen molar-refractivity contribution in [2.45, 2.75) is 132 Å². The first-order valence-electron chi connectivity index (χ1n) is 19.9. The lowest BCUT2D eigenvalue weighted by molar-refractivity contribution is -0.152. The van der Waals surface area contributed by atoms with Crippen LogP contribution in [0.15, 0.2) is 30.5 Å². The third kappa shape index (κ3) is 8.53. The Hall–Kier alpha value is -4.35. The number of alkyl carbamates (subject to hydrolysis) is 1. The van der Waals surface area contributed by atoms with Gasteiger partial charge in [-0.05, 0) is 69.8 Å². The number of aromatic nitrogens is 1. The number of amides is 4. The smallest absolute Gasteiger partial charge is 0.408 e. The van der Waals surface area contributed by atoms with Crippen molar-refractivity contribution in [2.75, 3.05) is 20.3 Å². The van der Waals surface area contributed by atoms with Gasteiger partial charge in [-0.1, -0.05) is 51.3 Å². The maximum atomic E-state index is 14.8. The van der Waals surface area contributed by atoms with E-state index in [0.717, 1.165) is 20.3 Å². The highest BCUT2D eigenvalue weighted by atomic mass is 32.2. The van der Waals surface area contributed by atoms with Gasteiger partial charge in [0.1, 0.15) is 40.9 Å². The maximum Gasteiger partial charge on any atom is 0.408 e. The molecule has 4 fully saturated rings. The van der Waals surface area contributed by atoms with Crippen LogP contribution < -0.4 is 24.8 Å². The lowest BCUT2D eigenvalue weighted by atomic mass is 9.87. The van der Waals surface area contributed by atoms with E-state index in [1.807, 2.05) is 19.1 Å². The fraction of sp³-hybridized carbons (Fsp3) is 0.675. The zero-order chi connectivity index (χ0) is 42.4. The van der Waals surface area contributed by atoms with Crippen LogP contribution >= 0.6 is 0 Å². The molecule has 1 aromatic heterocycles. The van der Waals surface area contributed by atoms with E-state index in [4.69, 9.17) is 14.2 Å². The largest absolute Gasteiger partial charge is 0.494 e. The summed E-state index contributed by atoms with van der Waals surface area (Å²) in [6.07, 6.45) is 2.56. The number of halogens is 3.